The summed E-state index contributed by atoms with van der Waals surface area (Å²) < 4.78 is 5.26. The first-order chi connectivity index (χ1) is 11.0. The quantitative estimate of drug-likeness (QED) is 0.856. The average Bonchev–Trinajstić information content (AvgIpc) is 2.55. The van der Waals surface area contributed by atoms with Gasteiger partial charge in [-0.3, -0.25) is 4.79 Å². The molecule has 0 fully saturated rings. The fraction of sp³-hybridized carbons (Fsp3) is 0.353. The fourth-order valence-corrected chi connectivity index (χ4v) is 1.96. The van der Waals surface area contributed by atoms with Crippen molar-refractivity contribution >= 4 is 17.5 Å². The van der Waals surface area contributed by atoms with Gasteiger partial charge in [0, 0.05) is 18.4 Å². The highest BCUT2D eigenvalue weighted by atomic mass is 16.5. The maximum Gasteiger partial charge on any atom is 0.258 e. The Morgan fingerprint density at radius 3 is 2.61 bits per heavy atom. The molecular formula is C17H22N4O2. The summed E-state index contributed by atoms with van der Waals surface area (Å²) in [6.45, 7) is 6.08. The Morgan fingerprint density at radius 2 is 2.00 bits per heavy atom. The second-order valence-corrected chi connectivity index (χ2v) is 5.41. The molecule has 0 spiro atoms. The minimum atomic E-state index is -0.274. The van der Waals surface area contributed by atoms with Gasteiger partial charge < -0.3 is 15.4 Å². The van der Waals surface area contributed by atoms with Crippen LogP contribution < -0.4 is 15.4 Å². The van der Waals surface area contributed by atoms with Gasteiger partial charge in [-0.2, -0.15) is 0 Å². The fourth-order valence-electron chi connectivity index (χ4n) is 1.96. The van der Waals surface area contributed by atoms with Crippen molar-refractivity contribution < 1.29 is 9.53 Å². The van der Waals surface area contributed by atoms with E-state index in [1.807, 2.05) is 32.0 Å². The van der Waals surface area contributed by atoms with Crippen LogP contribution in [-0.2, 0) is 0 Å². The van der Waals surface area contributed by atoms with Crippen molar-refractivity contribution in [3.8, 4) is 5.75 Å². The van der Waals surface area contributed by atoms with Crippen LogP contribution in [0.2, 0.25) is 0 Å². The predicted octanol–water partition coefficient (Wildman–Crippen LogP) is 3.26. The SMILES string of the molecule is CCC(C)Nc1ncc(C(=O)Nc2cc(C)ccc2OC)cn1. The number of hydrogen-bond donors (Lipinski definition) is 2. The molecule has 2 aromatic rings. The zero-order valence-corrected chi connectivity index (χ0v) is 13.9. The van der Waals surface area contributed by atoms with Gasteiger partial charge >= 0.3 is 0 Å². The number of rotatable bonds is 6. The summed E-state index contributed by atoms with van der Waals surface area (Å²) in [4.78, 5) is 20.7. The number of methoxy groups -OCH3 is 1. The Bertz CT molecular complexity index is 671. The molecule has 1 atom stereocenters. The molecule has 0 radical (unpaired) electrons. The molecule has 0 saturated heterocycles. The topological polar surface area (TPSA) is 76.1 Å². The van der Waals surface area contributed by atoms with Gasteiger partial charge in [0.05, 0.1) is 18.4 Å². The Morgan fingerprint density at radius 1 is 1.30 bits per heavy atom. The van der Waals surface area contributed by atoms with Crippen LogP contribution in [0.4, 0.5) is 11.6 Å². The van der Waals surface area contributed by atoms with Crippen LogP contribution in [0.1, 0.15) is 36.2 Å². The Balaban J connectivity index is 2.10. The first-order valence-electron chi connectivity index (χ1n) is 7.58. The van der Waals surface area contributed by atoms with Crippen LogP contribution in [0.5, 0.6) is 5.75 Å². The summed E-state index contributed by atoms with van der Waals surface area (Å²) in [5.41, 5.74) is 2.05. The molecule has 1 aromatic heterocycles. The lowest BCUT2D eigenvalue weighted by Crippen LogP contribution is -2.17. The highest BCUT2D eigenvalue weighted by molar-refractivity contribution is 6.04. The molecular weight excluding hydrogens is 292 g/mol. The summed E-state index contributed by atoms with van der Waals surface area (Å²) >= 11 is 0. The van der Waals surface area contributed by atoms with E-state index in [1.165, 1.54) is 12.4 Å². The number of anilines is 2. The molecule has 1 amide bonds. The lowest BCUT2D eigenvalue weighted by Gasteiger charge is -2.12. The van der Waals surface area contributed by atoms with E-state index in [2.05, 4.69) is 27.5 Å². The number of nitrogens with one attached hydrogen (secondary N) is 2. The summed E-state index contributed by atoms with van der Waals surface area (Å²) in [7, 11) is 1.57. The van der Waals surface area contributed by atoms with Crippen molar-refractivity contribution in [3.63, 3.8) is 0 Å². The Kier molecular flexibility index (Phi) is 5.51. The molecule has 23 heavy (non-hydrogen) atoms. The van der Waals surface area contributed by atoms with Crippen molar-refractivity contribution in [2.45, 2.75) is 33.2 Å². The molecule has 0 aliphatic carbocycles. The van der Waals surface area contributed by atoms with Gasteiger partial charge in [-0.1, -0.05) is 13.0 Å². The third-order valence-electron chi connectivity index (χ3n) is 3.51. The van der Waals surface area contributed by atoms with Crippen LogP contribution in [-0.4, -0.2) is 29.0 Å². The molecule has 2 N–H and O–H groups in total. The molecule has 2 rings (SSSR count). The van der Waals surface area contributed by atoms with Crippen LogP contribution >= 0.6 is 0 Å². The maximum atomic E-state index is 12.3. The van der Waals surface area contributed by atoms with Crippen LogP contribution in [0, 0.1) is 6.92 Å². The third kappa shape index (κ3) is 4.42. The number of carbonyl (C=O) groups is 1. The van der Waals surface area contributed by atoms with E-state index < -0.39 is 0 Å². The van der Waals surface area contributed by atoms with Crippen LogP contribution in [0.3, 0.4) is 0 Å². The van der Waals surface area contributed by atoms with Crippen molar-refractivity contribution in [2.24, 2.45) is 0 Å². The highest BCUT2D eigenvalue weighted by Crippen LogP contribution is 2.25. The van der Waals surface area contributed by atoms with E-state index in [9.17, 15) is 4.79 Å². The van der Waals surface area contributed by atoms with Crippen molar-refractivity contribution in [2.75, 3.05) is 17.7 Å². The molecule has 1 heterocycles. The molecule has 122 valence electrons. The molecule has 0 bridgehead atoms. The van der Waals surface area contributed by atoms with Gasteiger partial charge in [-0.15, -0.1) is 0 Å². The van der Waals surface area contributed by atoms with E-state index in [1.54, 1.807) is 7.11 Å². The summed E-state index contributed by atoms with van der Waals surface area (Å²) in [5, 5.41) is 5.98. The summed E-state index contributed by atoms with van der Waals surface area (Å²) in [6, 6.07) is 5.88. The van der Waals surface area contributed by atoms with Crippen molar-refractivity contribution in [1.29, 1.82) is 0 Å². The van der Waals surface area contributed by atoms with Crippen LogP contribution in [0.15, 0.2) is 30.6 Å². The largest absolute Gasteiger partial charge is 0.495 e. The number of hydrogen-bond acceptors (Lipinski definition) is 5. The first kappa shape index (κ1) is 16.7. The van der Waals surface area contributed by atoms with Gasteiger partial charge in [0.1, 0.15) is 5.75 Å². The molecule has 6 heteroatoms. The van der Waals surface area contributed by atoms with E-state index in [-0.39, 0.29) is 11.9 Å². The second-order valence-electron chi connectivity index (χ2n) is 5.41. The third-order valence-corrected chi connectivity index (χ3v) is 3.51. The summed E-state index contributed by atoms with van der Waals surface area (Å²) in [6.07, 6.45) is 3.99. The van der Waals surface area contributed by atoms with Gasteiger partial charge in [0.25, 0.3) is 5.91 Å². The summed E-state index contributed by atoms with van der Waals surface area (Å²) in [5.74, 6) is 0.855. The molecule has 0 saturated carbocycles. The van der Waals surface area contributed by atoms with E-state index in [4.69, 9.17) is 4.74 Å². The van der Waals surface area contributed by atoms with Crippen molar-refractivity contribution in [3.05, 3.63) is 41.7 Å². The number of aromatic nitrogens is 2. The molecule has 0 aliphatic heterocycles. The molecule has 1 unspecified atom stereocenters. The van der Waals surface area contributed by atoms with Gasteiger partial charge in [0.15, 0.2) is 0 Å². The van der Waals surface area contributed by atoms with E-state index in [0.29, 0.717) is 22.9 Å². The number of amides is 1. The lowest BCUT2D eigenvalue weighted by atomic mass is 10.2. The number of aryl methyl sites for hydroxylation is 1. The maximum absolute atomic E-state index is 12.3. The van der Waals surface area contributed by atoms with Gasteiger partial charge in [-0.05, 0) is 38.0 Å². The predicted molar refractivity (Wildman–Crippen MR) is 91.1 cm³/mol. The zero-order chi connectivity index (χ0) is 16.8. The number of carbonyl (C=O) groups excluding carboxylic acids is 1. The molecule has 1 aromatic carbocycles. The van der Waals surface area contributed by atoms with Crippen LogP contribution in [0.25, 0.3) is 0 Å². The molecule has 0 aliphatic rings. The van der Waals surface area contributed by atoms with Crippen molar-refractivity contribution in [1.82, 2.24) is 9.97 Å². The standard InChI is InChI=1S/C17H22N4O2/c1-5-12(3)20-17-18-9-13(10-19-17)16(22)21-14-8-11(2)6-7-15(14)23-4/h6-10,12H,5H2,1-4H3,(H,21,22)(H,18,19,20). The van der Waals surface area contributed by atoms with E-state index >= 15 is 0 Å². The normalized spacial score (nSPS) is 11.7. The van der Waals surface area contributed by atoms with Gasteiger partial charge in [-0.25, -0.2) is 9.97 Å². The average molecular weight is 314 g/mol. The number of nitrogens with zero attached hydrogens (tertiary/aromatic N) is 2. The zero-order valence-electron chi connectivity index (χ0n) is 13.9. The second kappa shape index (κ2) is 7.58. The minimum Gasteiger partial charge on any atom is -0.495 e. The lowest BCUT2D eigenvalue weighted by molar-refractivity contribution is 0.102. The number of benzene rings is 1. The Hall–Kier alpha value is -2.63. The highest BCUT2D eigenvalue weighted by Gasteiger charge is 2.11. The smallest absolute Gasteiger partial charge is 0.258 e. The first-order valence-corrected chi connectivity index (χ1v) is 7.58. The monoisotopic (exact) mass is 314 g/mol. The number of ether oxygens (including phenoxy) is 1. The van der Waals surface area contributed by atoms with Gasteiger partial charge in [0.2, 0.25) is 5.95 Å². The molecule has 6 nitrogen and oxygen atoms in total. The van der Waals surface area contributed by atoms with E-state index in [0.717, 1.165) is 12.0 Å². The minimum absolute atomic E-state index is 0.274. The Labute approximate surface area is 136 Å².